The standard InChI is InChI=1S/C22H22Cl2F2N2O3S/c1-2-20(29)14-7-18(25)21(19(26)8-14)31-12-16-11-28(5-6-30-16)22(32)27-10-13-3-4-15(23)9-17(13)24/h3-4,7-9,16H,2,5-6,10-12H2,1H3,(H,27,32). The maximum atomic E-state index is 14.3. The largest absolute Gasteiger partial charge is 0.485 e. The summed E-state index contributed by atoms with van der Waals surface area (Å²) in [6.07, 6.45) is -0.290. The molecule has 0 bridgehead atoms. The van der Waals surface area contributed by atoms with E-state index in [1.807, 2.05) is 11.0 Å². The lowest BCUT2D eigenvalue weighted by atomic mass is 10.1. The minimum absolute atomic E-state index is 0.0212. The van der Waals surface area contributed by atoms with E-state index in [1.165, 1.54) is 0 Å². The second kappa shape index (κ2) is 11.2. The fourth-order valence-electron chi connectivity index (χ4n) is 3.19. The van der Waals surface area contributed by atoms with Gasteiger partial charge in [-0.1, -0.05) is 36.2 Å². The van der Waals surface area contributed by atoms with Gasteiger partial charge in [-0.3, -0.25) is 4.79 Å². The molecule has 1 atom stereocenters. The molecule has 0 spiro atoms. The molecule has 172 valence electrons. The number of halogens is 4. The number of carbonyl (C=O) groups excluding carboxylic acids is 1. The summed E-state index contributed by atoms with van der Waals surface area (Å²) in [6, 6.07) is 7.20. The Labute approximate surface area is 200 Å². The van der Waals surface area contributed by atoms with Crippen LogP contribution in [0.5, 0.6) is 5.75 Å². The summed E-state index contributed by atoms with van der Waals surface area (Å²) in [5.74, 6) is -2.73. The van der Waals surface area contributed by atoms with Crippen molar-refractivity contribution < 1.29 is 23.0 Å². The highest BCUT2D eigenvalue weighted by Crippen LogP contribution is 2.25. The van der Waals surface area contributed by atoms with Gasteiger partial charge in [-0.25, -0.2) is 8.78 Å². The molecular formula is C22H22Cl2F2N2O3S. The number of ether oxygens (including phenoxy) is 2. The van der Waals surface area contributed by atoms with Gasteiger partial charge in [0, 0.05) is 41.7 Å². The van der Waals surface area contributed by atoms with E-state index in [0.29, 0.717) is 41.4 Å². The van der Waals surface area contributed by atoms with Gasteiger partial charge in [0.25, 0.3) is 0 Å². The Balaban J connectivity index is 1.55. The van der Waals surface area contributed by atoms with E-state index in [9.17, 15) is 13.6 Å². The highest BCUT2D eigenvalue weighted by atomic mass is 35.5. The number of hydrogen-bond donors (Lipinski definition) is 1. The maximum absolute atomic E-state index is 14.3. The van der Waals surface area contributed by atoms with Gasteiger partial charge in [0.15, 0.2) is 28.3 Å². The van der Waals surface area contributed by atoms with E-state index in [-0.39, 0.29) is 24.4 Å². The number of nitrogens with one attached hydrogen (secondary N) is 1. The highest BCUT2D eigenvalue weighted by molar-refractivity contribution is 7.80. The normalized spacial score (nSPS) is 16.0. The van der Waals surface area contributed by atoms with Crippen LogP contribution in [0, 0.1) is 11.6 Å². The Morgan fingerprint density at radius 2 is 2.00 bits per heavy atom. The fourth-order valence-corrected chi connectivity index (χ4v) is 3.90. The van der Waals surface area contributed by atoms with Gasteiger partial charge < -0.3 is 19.7 Å². The second-order valence-electron chi connectivity index (χ2n) is 7.19. The van der Waals surface area contributed by atoms with Crippen LogP contribution in [0.2, 0.25) is 10.0 Å². The van der Waals surface area contributed by atoms with Crippen molar-refractivity contribution in [3.63, 3.8) is 0 Å². The summed E-state index contributed by atoms with van der Waals surface area (Å²) in [5.41, 5.74) is 0.828. The first-order valence-electron chi connectivity index (χ1n) is 10.0. The van der Waals surface area contributed by atoms with Crippen molar-refractivity contribution in [3.8, 4) is 5.75 Å². The van der Waals surface area contributed by atoms with E-state index in [4.69, 9.17) is 44.9 Å². The van der Waals surface area contributed by atoms with Crippen molar-refractivity contribution >= 4 is 46.3 Å². The van der Waals surface area contributed by atoms with E-state index < -0.39 is 23.5 Å². The zero-order valence-electron chi connectivity index (χ0n) is 17.3. The average Bonchev–Trinajstić information content (AvgIpc) is 2.77. The van der Waals surface area contributed by atoms with Crippen molar-refractivity contribution in [1.82, 2.24) is 10.2 Å². The molecule has 2 aromatic rings. The molecule has 1 unspecified atom stereocenters. The minimum Gasteiger partial charge on any atom is -0.485 e. The van der Waals surface area contributed by atoms with Gasteiger partial charge in [0.2, 0.25) is 0 Å². The van der Waals surface area contributed by atoms with Crippen LogP contribution in [0.1, 0.15) is 29.3 Å². The highest BCUT2D eigenvalue weighted by Gasteiger charge is 2.24. The molecule has 10 heteroatoms. The molecule has 0 aliphatic carbocycles. The van der Waals surface area contributed by atoms with Crippen LogP contribution in [0.15, 0.2) is 30.3 Å². The van der Waals surface area contributed by atoms with E-state index in [1.54, 1.807) is 19.1 Å². The monoisotopic (exact) mass is 502 g/mol. The lowest BCUT2D eigenvalue weighted by molar-refractivity contribution is -0.0299. The molecule has 1 fully saturated rings. The average molecular weight is 503 g/mol. The van der Waals surface area contributed by atoms with Crippen LogP contribution in [0.25, 0.3) is 0 Å². The van der Waals surface area contributed by atoms with Crippen molar-refractivity contribution in [2.24, 2.45) is 0 Å². The van der Waals surface area contributed by atoms with Crippen LogP contribution >= 0.6 is 35.4 Å². The topological polar surface area (TPSA) is 50.8 Å². The molecule has 0 amide bonds. The summed E-state index contributed by atoms with van der Waals surface area (Å²) in [4.78, 5) is 13.6. The summed E-state index contributed by atoms with van der Waals surface area (Å²) >= 11 is 17.6. The summed E-state index contributed by atoms with van der Waals surface area (Å²) in [7, 11) is 0. The van der Waals surface area contributed by atoms with Crippen LogP contribution in [-0.4, -0.2) is 48.2 Å². The number of nitrogens with zero attached hydrogens (tertiary/aromatic N) is 1. The fraction of sp³-hybridized carbons (Fsp3) is 0.364. The van der Waals surface area contributed by atoms with Gasteiger partial charge in [0.1, 0.15) is 12.7 Å². The molecule has 3 rings (SSSR count). The Bertz CT molecular complexity index is 986. The SMILES string of the molecule is CCC(=O)c1cc(F)c(OCC2CN(C(=S)NCc3ccc(Cl)cc3Cl)CCO2)c(F)c1. The van der Waals surface area contributed by atoms with Gasteiger partial charge in [0.05, 0.1) is 6.61 Å². The molecule has 1 N–H and O–H groups in total. The molecule has 0 saturated carbocycles. The van der Waals surface area contributed by atoms with Crippen molar-refractivity contribution in [2.75, 3.05) is 26.3 Å². The van der Waals surface area contributed by atoms with E-state index in [2.05, 4.69) is 5.32 Å². The number of benzene rings is 2. The Morgan fingerprint density at radius 3 is 2.66 bits per heavy atom. The van der Waals surface area contributed by atoms with Gasteiger partial charge in [-0.05, 0) is 42.0 Å². The Kier molecular flexibility index (Phi) is 8.64. The number of carbonyl (C=O) groups is 1. The lowest BCUT2D eigenvalue weighted by Crippen LogP contribution is -2.50. The van der Waals surface area contributed by atoms with E-state index >= 15 is 0 Å². The lowest BCUT2D eigenvalue weighted by Gasteiger charge is -2.34. The predicted molar refractivity (Wildman–Crippen MR) is 124 cm³/mol. The summed E-state index contributed by atoms with van der Waals surface area (Å²) in [5, 5.41) is 4.74. The number of Topliss-reactive ketones (excluding diaryl/α,β-unsaturated/α-hetero) is 1. The van der Waals surface area contributed by atoms with Gasteiger partial charge in [-0.15, -0.1) is 0 Å². The first kappa shape index (κ1) is 24.6. The molecule has 2 aromatic carbocycles. The smallest absolute Gasteiger partial charge is 0.190 e. The second-order valence-corrected chi connectivity index (χ2v) is 8.42. The quantitative estimate of drug-likeness (QED) is 0.423. The van der Waals surface area contributed by atoms with Gasteiger partial charge in [-0.2, -0.15) is 0 Å². The Hall–Kier alpha value is -2.00. The summed E-state index contributed by atoms with van der Waals surface area (Å²) < 4.78 is 39.5. The first-order chi connectivity index (χ1) is 15.3. The number of rotatable bonds is 7. The number of ketones is 1. The van der Waals surface area contributed by atoms with E-state index in [0.717, 1.165) is 17.7 Å². The first-order valence-corrected chi connectivity index (χ1v) is 11.2. The van der Waals surface area contributed by atoms with Crippen LogP contribution in [0.4, 0.5) is 8.78 Å². The number of hydrogen-bond acceptors (Lipinski definition) is 4. The molecule has 1 aliphatic rings. The third-order valence-corrected chi connectivity index (χ3v) is 5.92. The predicted octanol–water partition coefficient (Wildman–Crippen LogP) is 5.02. The van der Waals surface area contributed by atoms with Gasteiger partial charge >= 0.3 is 0 Å². The zero-order valence-corrected chi connectivity index (χ0v) is 19.6. The third kappa shape index (κ3) is 6.28. The maximum Gasteiger partial charge on any atom is 0.190 e. The molecular weight excluding hydrogens is 481 g/mol. The van der Waals surface area contributed by atoms with Crippen LogP contribution in [-0.2, 0) is 11.3 Å². The molecule has 1 heterocycles. The third-order valence-electron chi connectivity index (χ3n) is 4.93. The van der Waals surface area contributed by atoms with Crippen molar-refractivity contribution in [3.05, 3.63) is 63.1 Å². The number of morpholine rings is 1. The number of thiocarbonyl (C=S) groups is 1. The molecule has 0 aromatic heterocycles. The molecule has 1 aliphatic heterocycles. The van der Waals surface area contributed by atoms with Crippen LogP contribution in [0.3, 0.4) is 0 Å². The molecule has 0 radical (unpaired) electrons. The Morgan fingerprint density at radius 1 is 1.28 bits per heavy atom. The van der Waals surface area contributed by atoms with Crippen LogP contribution < -0.4 is 10.1 Å². The van der Waals surface area contributed by atoms with Crippen molar-refractivity contribution in [2.45, 2.75) is 26.0 Å². The molecule has 32 heavy (non-hydrogen) atoms. The summed E-state index contributed by atoms with van der Waals surface area (Å²) in [6.45, 7) is 3.30. The minimum atomic E-state index is -0.925. The zero-order chi connectivity index (χ0) is 23.3. The molecule has 5 nitrogen and oxygen atoms in total. The van der Waals surface area contributed by atoms with Crippen molar-refractivity contribution in [1.29, 1.82) is 0 Å². The molecule has 1 saturated heterocycles.